The van der Waals surface area contributed by atoms with E-state index in [0.29, 0.717) is 6.54 Å². The van der Waals surface area contributed by atoms with Crippen LogP contribution >= 0.6 is 0 Å². The summed E-state index contributed by atoms with van der Waals surface area (Å²) in [5, 5.41) is 17.2. The molecule has 7 nitrogen and oxygen atoms in total. The maximum Gasteiger partial charge on any atom is 0.105 e. The molecule has 0 spiro atoms. The van der Waals surface area contributed by atoms with E-state index in [2.05, 4.69) is 20.5 Å². The summed E-state index contributed by atoms with van der Waals surface area (Å²) in [6, 6.07) is 9.83. The standard InChI is InChI=1S/C16H19N7/c17-16(7-4-8-16)9-13-11-22(21-19-13)12-14-10-18-23(20-14)15-5-2-1-3-6-15/h1-3,5-6,10-11H,4,7-9,12,17H2. The molecular weight excluding hydrogens is 290 g/mol. The first-order valence-corrected chi connectivity index (χ1v) is 7.85. The molecule has 1 aliphatic rings. The number of rotatable bonds is 5. The van der Waals surface area contributed by atoms with Crippen LogP contribution in [0.25, 0.3) is 5.69 Å². The fourth-order valence-corrected chi connectivity index (χ4v) is 2.88. The summed E-state index contributed by atoms with van der Waals surface area (Å²) in [6.07, 6.45) is 7.87. The van der Waals surface area contributed by atoms with E-state index in [4.69, 9.17) is 5.73 Å². The van der Waals surface area contributed by atoms with Gasteiger partial charge in [0.15, 0.2) is 0 Å². The third-order valence-corrected chi connectivity index (χ3v) is 4.32. The molecule has 118 valence electrons. The van der Waals surface area contributed by atoms with Gasteiger partial charge in [0, 0.05) is 18.2 Å². The Labute approximate surface area is 134 Å². The Bertz CT molecular complexity index is 786. The van der Waals surface area contributed by atoms with Crippen molar-refractivity contribution in [2.45, 2.75) is 37.8 Å². The van der Waals surface area contributed by atoms with Crippen molar-refractivity contribution in [1.29, 1.82) is 0 Å². The van der Waals surface area contributed by atoms with E-state index >= 15 is 0 Å². The van der Waals surface area contributed by atoms with Crippen molar-refractivity contribution in [3.8, 4) is 5.69 Å². The van der Waals surface area contributed by atoms with Gasteiger partial charge < -0.3 is 5.73 Å². The van der Waals surface area contributed by atoms with Gasteiger partial charge in [-0.15, -0.1) is 5.10 Å². The van der Waals surface area contributed by atoms with Gasteiger partial charge >= 0.3 is 0 Å². The molecule has 0 bridgehead atoms. The number of nitrogens with zero attached hydrogens (tertiary/aromatic N) is 6. The summed E-state index contributed by atoms with van der Waals surface area (Å²) in [6.45, 7) is 0.553. The minimum absolute atomic E-state index is 0.0721. The Hall–Kier alpha value is -2.54. The second-order valence-electron chi connectivity index (χ2n) is 6.26. The Kier molecular flexibility index (Phi) is 3.42. The van der Waals surface area contributed by atoms with E-state index in [9.17, 15) is 0 Å². The zero-order valence-electron chi connectivity index (χ0n) is 12.8. The molecule has 4 rings (SSSR count). The van der Waals surface area contributed by atoms with Crippen molar-refractivity contribution in [2.24, 2.45) is 5.73 Å². The molecule has 23 heavy (non-hydrogen) atoms. The highest BCUT2D eigenvalue weighted by Crippen LogP contribution is 2.31. The normalized spacial score (nSPS) is 16.2. The predicted molar refractivity (Wildman–Crippen MR) is 85.0 cm³/mol. The van der Waals surface area contributed by atoms with Crippen LogP contribution in [0.15, 0.2) is 42.7 Å². The van der Waals surface area contributed by atoms with Gasteiger partial charge in [-0.3, -0.25) is 0 Å². The SMILES string of the molecule is NC1(Cc2cn(Cc3cnn(-c4ccccc4)n3)nn2)CCC1. The van der Waals surface area contributed by atoms with Crippen LogP contribution in [0, 0.1) is 0 Å². The third kappa shape index (κ3) is 3.00. The van der Waals surface area contributed by atoms with Crippen molar-refractivity contribution >= 4 is 0 Å². The minimum Gasteiger partial charge on any atom is -0.325 e. The summed E-state index contributed by atoms with van der Waals surface area (Å²) < 4.78 is 1.79. The summed E-state index contributed by atoms with van der Waals surface area (Å²) >= 11 is 0. The smallest absolute Gasteiger partial charge is 0.105 e. The molecular formula is C16H19N7. The van der Waals surface area contributed by atoms with E-state index in [-0.39, 0.29) is 5.54 Å². The van der Waals surface area contributed by atoms with Crippen LogP contribution in [0.2, 0.25) is 0 Å². The Morgan fingerprint density at radius 1 is 1.13 bits per heavy atom. The number of benzene rings is 1. The van der Waals surface area contributed by atoms with Crippen LogP contribution in [-0.2, 0) is 13.0 Å². The zero-order chi connectivity index (χ0) is 15.7. The van der Waals surface area contributed by atoms with E-state index in [0.717, 1.165) is 36.3 Å². The summed E-state index contributed by atoms with van der Waals surface area (Å²) in [4.78, 5) is 1.62. The van der Waals surface area contributed by atoms with E-state index in [1.54, 1.807) is 15.7 Å². The second-order valence-corrected chi connectivity index (χ2v) is 6.26. The summed E-state index contributed by atoms with van der Waals surface area (Å²) in [5.41, 5.74) is 8.92. The lowest BCUT2D eigenvalue weighted by Gasteiger charge is -2.37. The Morgan fingerprint density at radius 3 is 2.70 bits per heavy atom. The van der Waals surface area contributed by atoms with E-state index in [1.165, 1.54) is 6.42 Å². The molecule has 2 heterocycles. The number of hydrogen-bond acceptors (Lipinski definition) is 5. The molecule has 0 atom stereocenters. The van der Waals surface area contributed by atoms with Crippen molar-refractivity contribution in [3.05, 3.63) is 54.1 Å². The molecule has 0 radical (unpaired) electrons. The first kappa shape index (κ1) is 14.1. The molecule has 7 heteroatoms. The highest BCUT2D eigenvalue weighted by molar-refractivity contribution is 5.28. The zero-order valence-corrected chi connectivity index (χ0v) is 12.8. The molecule has 1 aromatic carbocycles. The third-order valence-electron chi connectivity index (χ3n) is 4.32. The monoisotopic (exact) mass is 309 g/mol. The highest BCUT2D eigenvalue weighted by atomic mass is 15.5. The molecule has 1 saturated carbocycles. The van der Waals surface area contributed by atoms with Gasteiger partial charge in [0.1, 0.15) is 5.69 Å². The van der Waals surface area contributed by atoms with Gasteiger partial charge in [0.25, 0.3) is 0 Å². The van der Waals surface area contributed by atoms with Crippen molar-refractivity contribution in [2.75, 3.05) is 0 Å². The molecule has 1 fully saturated rings. The first-order valence-electron chi connectivity index (χ1n) is 7.85. The van der Waals surface area contributed by atoms with Crippen LogP contribution in [0.4, 0.5) is 0 Å². The Balaban J connectivity index is 1.44. The van der Waals surface area contributed by atoms with Gasteiger partial charge in [0.05, 0.1) is 24.1 Å². The lowest BCUT2D eigenvalue weighted by molar-refractivity contribution is 0.245. The predicted octanol–water partition coefficient (Wildman–Crippen LogP) is 1.33. The van der Waals surface area contributed by atoms with Crippen LogP contribution in [-0.4, -0.2) is 35.5 Å². The topological polar surface area (TPSA) is 87.4 Å². The van der Waals surface area contributed by atoms with Crippen LogP contribution in [0.5, 0.6) is 0 Å². The fourth-order valence-electron chi connectivity index (χ4n) is 2.88. The van der Waals surface area contributed by atoms with Crippen LogP contribution in [0.3, 0.4) is 0 Å². The van der Waals surface area contributed by atoms with Gasteiger partial charge in [-0.1, -0.05) is 23.4 Å². The molecule has 2 aromatic heterocycles. The second kappa shape index (κ2) is 5.58. The number of nitrogens with two attached hydrogens (primary N) is 1. The molecule has 1 aliphatic carbocycles. The number of para-hydroxylation sites is 1. The average Bonchev–Trinajstić information content (AvgIpc) is 3.17. The van der Waals surface area contributed by atoms with Crippen molar-refractivity contribution in [1.82, 2.24) is 30.0 Å². The lowest BCUT2D eigenvalue weighted by atomic mass is 9.75. The minimum atomic E-state index is -0.0721. The maximum atomic E-state index is 6.26. The van der Waals surface area contributed by atoms with Crippen molar-refractivity contribution < 1.29 is 0 Å². The van der Waals surface area contributed by atoms with Gasteiger partial charge in [-0.2, -0.15) is 15.0 Å². The molecule has 0 saturated heterocycles. The quantitative estimate of drug-likeness (QED) is 0.768. The fraction of sp³-hybridized carbons (Fsp3) is 0.375. The number of aromatic nitrogens is 6. The summed E-state index contributed by atoms with van der Waals surface area (Å²) in [7, 11) is 0. The lowest BCUT2D eigenvalue weighted by Crippen LogP contribution is -2.48. The van der Waals surface area contributed by atoms with E-state index in [1.807, 2.05) is 36.5 Å². The highest BCUT2D eigenvalue weighted by Gasteiger charge is 2.33. The largest absolute Gasteiger partial charge is 0.325 e. The Morgan fingerprint density at radius 2 is 1.96 bits per heavy atom. The molecule has 0 unspecified atom stereocenters. The maximum absolute atomic E-state index is 6.26. The molecule has 3 aromatic rings. The van der Waals surface area contributed by atoms with Gasteiger partial charge in [-0.25, -0.2) is 4.68 Å². The van der Waals surface area contributed by atoms with Gasteiger partial charge in [-0.05, 0) is 31.4 Å². The molecule has 0 amide bonds. The average molecular weight is 309 g/mol. The summed E-state index contributed by atoms with van der Waals surface area (Å²) in [5.74, 6) is 0. The number of hydrogen-bond donors (Lipinski definition) is 1. The molecule has 2 N–H and O–H groups in total. The van der Waals surface area contributed by atoms with Crippen LogP contribution in [0.1, 0.15) is 30.7 Å². The molecule has 0 aliphatic heterocycles. The van der Waals surface area contributed by atoms with Crippen LogP contribution < -0.4 is 5.73 Å². The van der Waals surface area contributed by atoms with E-state index < -0.39 is 0 Å². The van der Waals surface area contributed by atoms with Gasteiger partial charge in [0.2, 0.25) is 0 Å². The first-order chi connectivity index (χ1) is 11.2. The van der Waals surface area contributed by atoms with Crippen molar-refractivity contribution in [3.63, 3.8) is 0 Å².